The minimum Gasteiger partial charge on any atom is -0.472 e. The fourth-order valence-corrected chi connectivity index (χ4v) is 1.19. The van der Waals surface area contributed by atoms with E-state index in [0.717, 1.165) is 0 Å². The van der Waals surface area contributed by atoms with Crippen LogP contribution in [-0.4, -0.2) is 26.6 Å². The van der Waals surface area contributed by atoms with Gasteiger partial charge < -0.3 is 15.7 Å². The van der Waals surface area contributed by atoms with E-state index in [1.165, 1.54) is 12.1 Å². The Labute approximate surface area is 103 Å². The molecule has 0 amide bonds. The molecule has 0 aliphatic heterocycles. The Balaban J connectivity index is 3.26. The molecule has 0 saturated heterocycles. The van der Waals surface area contributed by atoms with Gasteiger partial charge in [0, 0.05) is 12.1 Å². The average molecular weight is 254 g/mol. The fourth-order valence-electron chi connectivity index (χ4n) is 1.19. The summed E-state index contributed by atoms with van der Waals surface area (Å²) in [6, 6.07) is 2.55. The molecule has 0 radical (unpaired) electrons. The standard InChI is InChI=1S/C10H14N4O4/c1-10(2,3)18-7-5-4-6(14(16)17)8(12-7)9(11)13-15/h4-5,15H,1-3H3,(H2,11,13). The van der Waals surface area contributed by atoms with Gasteiger partial charge in [-0.1, -0.05) is 5.16 Å². The Morgan fingerprint density at radius 3 is 2.61 bits per heavy atom. The maximum atomic E-state index is 10.8. The Morgan fingerprint density at radius 2 is 2.17 bits per heavy atom. The number of amidine groups is 1. The topological polar surface area (TPSA) is 124 Å². The summed E-state index contributed by atoms with van der Waals surface area (Å²) in [5.74, 6) is -0.282. The highest BCUT2D eigenvalue weighted by atomic mass is 16.6. The molecule has 8 heteroatoms. The first-order valence-electron chi connectivity index (χ1n) is 5.07. The zero-order chi connectivity index (χ0) is 13.9. The molecule has 98 valence electrons. The number of nitrogens with zero attached hydrogens (tertiary/aromatic N) is 3. The van der Waals surface area contributed by atoms with E-state index in [-0.39, 0.29) is 17.3 Å². The third kappa shape index (κ3) is 3.30. The largest absolute Gasteiger partial charge is 0.472 e. The van der Waals surface area contributed by atoms with Crippen LogP contribution in [0.5, 0.6) is 5.88 Å². The molecular weight excluding hydrogens is 240 g/mol. The van der Waals surface area contributed by atoms with Crippen LogP contribution in [0.1, 0.15) is 26.5 Å². The maximum absolute atomic E-state index is 10.8. The number of hydrogen-bond acceptors (Lipinski definition) is 6. The van der Waals surface area contributed by atoms with Crippen LogP contribution in [0, 0.1) is 10.1 Å². The van der Waals surface area contributed by atoms with Gasteiger partial charge in [0.1, 0.15) is 5.60 Å². The van der Waals surface area contributed by atoms with Gasteiger partial charge in [0.15, 0.2) is 11.5 Å². The van der Waals surface area contributed by atoms with Crippen LogP contribution in [0.15, 0.2) is 17.3 Å². The molecule has 18 heavy (non-hydrogen) atoms. The molecule has 0 saturated carbocycles. The van der Waals surface area contributed by atoms with Crippen LogP contribution in [0.4, 0.5) is 5.69 Å². The van der Waals surface area contributed by atoms with E-state index >= 15 is 0 Å². The van der Waals surface area contributed by atoms with E-state index in [9.17, 15) is 10.1 Å². The summed E-state index contributed by atoms with van der Waals surface area (Å²) >= 11 is 0. The molecule has 0 spiro atoms. The zero-order valence-corrected chi connectivity index (χ0v) is 10.2. The smallest absolute Gasteiger partial charge is 0.299 e. The molecule has 0 unspecified atom stereocenters. The summed E-state index contributed by atoms with van der Waals surface area (Å²) in [6.07, 6.45) is 0. The van der Waals surface area contributed by atoms with Gasteiger partial charge in [-0.2, -0.15) is 0 Å². The van der Waals surface area contributed by atoms with E-state index in [0.29, 0.717) is 0 Å². The van der Waals surface area contributed by atoms with Gasteiger partial charge in [0.05, 0.1) is 4.92 Å². The lowest BCUT2D eigenvalue weighted by Crippen LogP contribution is -2.25. The Hall–Kier alpha value is -2.38. The molecule has 0 fully saturated rings. The van der Waals surface area contributed by atoms with Crippen molar-refractivity contribution < 1.29 is 14.9 Å². The summed E-state index contributed by atoms with van der Waals surface area (Å²) in [5, 5.41) is 22.1. The lowest BCUT2D eigenvalue weighted by Gasteiger charge is -2.20. The first kappa shape index (κ1) is 13.7. The highest BCUT2D eigenvalue weighted by Gasteiger charge is 2.22. The molecule has 1 aromatic heterocycles. The number of hydrogen-bond donors (Lipinski definition) is 2. The highest BCUT2D eigenvalue weighted by molar-refractivity contribution is 5.98. The number of pyridine rings is 1. The van der Waals surface area contributed by atoms with Crippen LogP contribution >= 0.6 is 0 Å². The van der Waals surface area contributed by atoms with E-state index in [4.69, 9.17) is 15.7 Å². The first-order valence-corrected chi connectivity index (χ1v) is 5.07. The number of oxime groups is 1. The SMILES string of the molecule is CC(C)(C)Oc1ccc([N+](=O)[O-])c(/C(N)=N/O)n1. The van der Waals surface area contributed by atoms with Gasteiger partial charge in [-0.05, 0) is 20.8 Å². The fraction of sp³-hybridized carbons (Fsp3) is 0.400. The lowest BCUT2D eigenvalue weighted by atomic mass is 10.2. The Morgan fingerprint density at radius 1 is 1.56 bits per heavy atom. The van der Waals surface area contributed by atoms with Crippen molar-refractivity contribution in [3.05, 3.63) is 27.9 Å². The predicted octanol–water partition coefficient (Wildman–Crippen LogP) is 1.26. The van der Waals surface area contributed by atoms with Gasteiger partial charge in [-0.3, -0.25) is 10.1 Å². The maximum Gasteiger partial charge on any atom is 0.299 e. The molecule has 0 bridgehead atoms. The summed E-state index contributed by atoms with van der Waals surface area (Å²) in [5.41, 5.74) is 4.25. The summed E-state index contributed by atoms with van der Waals surface area (Å²) in [7, 11) is 0. The van der Waals surface area contributed by atoms with Crippen molar-refractivity contribution in [1.82, 2.24) is 4.98 Å². The van der Waals surface area contributed by atoms with Gasteiger partial charge in [0.25, 0.3) is 5.69 Å². The average Bonchev–Trinajstić information content (AvgIpc) is 2.25. The number of nitro groups is 1. The molecule has 3 N–H and O–H groups in total. The number of rotatable bonds is 3. The summed E-state index contributed by atoms with van der Waals surface area (Å²) < 4.78 is 5.45. The second kappa shape index (κ2) is 4.86. The number of nitrogens with two attached hydrogens (primary N) is 1. The summed E-state index contributed by atoms with van der Waals surface area (Å²) in [4.78, 5) is 14.0. The normalized spacial score (nSPS) is 12.3. The molecule has 1 rings (SSSR count). The van der Waals surface area contributed by atoms with Gasteiger partial charge in [0.2, 0.25) is 5.88 Å². The van der Waals surface area contributed by atoms with Gasteiger partial charge in [-0.25, -0.2) is 4.98 Å². The van der Waals surface area contributed by atoms with Crippen LogP contribution in [0.2, 0.25) is 0 Å². The van der Waals surface area contributed by atoms with Crippen molar-refractivity contribution in [2.24, 2.45) is 10.9 Å². The van der Waals surface area contributed by atoms with Crippen molar-refractivity contribution in [1.29, 1.82) is 0 Å². The van der Waals surface area contributed by atoms with E-state index < -0.39 is 16.4 Å². The minimum atomic E-state index is -0.665. The molecule has 0 aromatic carbocycles. The van der Waals surface area contributed by atoms with Crippen LogP contribution < -0.4 is 10.5 Å². The minimum absolute atomic E-state index is 0.162. The lowest BCUT2D eigenvalue weighted by molar-refractivity contribution is -0.385. The van der Waals surface area contributed by atoms with E-state index in [1.807, 2.05) is 0 Å². The monoisotopic (exact) mass is 254 g/mol. The highest BCUT2D eigenvalue weighted by Crippen LogP contribution is 2.22. The van der Waals surface area contributed by atoms with Crippen molar-refractivity contribution in [3.63, 3.8) is 0 Å². The predicted molar refractivity (Wildman–Crippen MR) is 63.8 cm³/mol. The summed E-state index contributed by atoms with van der Waals surface area (Å²) in [6.45, 7) is 5.41. The van der Waals surface area contributed by atoms with Gasteiger partial charge >= 0.3 is 0 Å². The second-order valence-corrected chi connectivity index (χ2v) is 4.47. The van der Waals surface area contributed by atoms with Crippen LogP contribution in [0.25, 0.3) is 0 Å². The van der Waals surface area contributed by atoms with Gasteiger partial charge in [-0.15, -0.1) is 0 Å². The Kier molecular flexibility index (Phi) is 3.70. The van der Waals surface area contributed by atoms with Crippen molar-refractivity contribution in [2.75, 3.05) is 0 Å². The van der Waals surface area contributed by atoms with Crippen molar-refractivity contribution in [3.8, 4) is 5.88 Å². The van der Waals surface area contributed by atoms with E-state index in [1.54, 1.807) is 20.8 Å². The molecule has 0 aliphatic carbocycles. The third-order valence-corrected chi connectivity index (χ3v) is 1.81. The Bertz CT molecular complexity index is 493. The molecule has 0 aliphatic rings. The van der Waals surface area contributed by atoms with E-state index in [2.05, 4.69) is 10.1 Å². The molecule has 8 nitrogen and oxygen atoms in total. The van der Waals surface area contributed by atoms with Crippen LogP contribution in [0.3, 0.4) is 0 Å². The zero-order valence-electron chi connectivity index (χ0n) is 10.2. The first-order chi connectivity index (χ1) is 8.24. The second-order valence-electron chi connectivity index (χ2n) is 4.47. The molecule has 1 heterocycles. The number of ether oxygens (including phenoxy) is 1. The number of aromatic nitrogens is 1. The van der Waals surface area contributed by atoms with Crippen molar-refractivity contribution >= 4 is 11.5 Å². The quantitative estimate of drug-likeness (QED) is 0.275. The molecular formula is C10H14N4O4. The molecule has 0 atom stereocenters. The van der Waals surface area contributed by atoms with Crippen molar-refractivity contribution in [2.45, 2.75) is 26.4 Å². The van der Waals surface area contributed by atoms with Crippen LogP contribution in [-0.2, 0) is 0 Å². The third-order valence-electron chi connectivity index (χ3n) is 1.81. The molecule has 1 aromatic rings.